The van der Waals surface area contributed by atoms with Gasteiger partial charge in [-0.15, -0.1) is 0 Å². The molecule has 0 amide bonds. The fourth-order valence-corrected chi connectivity index (χ4v) is 4.63. The van der Waals surface area contributed by atoms with Gasteiger partial charge in [0, 0.05) is 6.42 Å². The van der Waals surface area contributed by atoms with Crippen molar-refractivity contribution in [3.05, 3.63) is 89.5 Å². The van der Waals surface area contributed by atoms with E-state index in [1.54, 1.807) is 0 Å². The van der Waals surface area contributed by atoms with Gasteiger partial charge in [0.25, 0.3) is 0 Å². The molecule has 5 rings (SSSR count). The fraction of sp³-hybridized carbons (Fsp3) is 0.259. The van der Waals surface area contributed by atoms with Gasteiger partial charge in [-0.2, -0.15) is 0 Å². The number of fused-ring (bicyclic) bond motifs is 2. The van der Waals surface area contributed by atoms with E-state index in [2.05, 4.69) is 85.9 Å². The predicted molar refractivity (Wildman–Crippen MR) is 122 cm³/mol. The molecule has 0 spiro atoms. The molecule has 1 heterocycles. The summed E-state index contributed by atoms with van der Waals surface area (Å²) in [7, 11) is 2.37. The Kier molecular flexibility index (Phi) is 4.83. The first-order valence-electron chi connectivity index (χ1n) is 10.6. The van der Waals surface area contributed by atoms with Crippen molar-refractivity contribution >= 4 is 28.0 Å². The minimum absolute atomic E-state index is 0.887. The number of ether oxygens (including phenoxy) is 1. The van der Waals surface area contributed by atoms with Crippen molar-refractivity contribution in [1.29, 1.82) is 0 Å². The molecule has 0 unspecified atom stereocenters. The van der Waals surface area contributed by atoms with Gasteiger partial charge in [-0.3, -0.25) is 0 Å². The van der Waals surface area contributed by atoms with Gasteiger partial charge in [-0.05, 0) is 44.7 Å². The second kappa shape index (κ2) is 7.62. The third kappa shape index (κ3) is 3.66. The van der Waals surface area contributed by atoms with Crippen molar-refractivity contribution in [1.82, 2.24) is 0 Å². The number of quaternary nitrogens is 1. The standard InChI is InChI=1S/C27H28NO/c1-28(15-17-29-18-16-28)14-13-23-20-24(27-12-5-4-11-26(23)27)19-22-9-6-8-21-7-2-3-10-25(21)22/h2-12,19-20H,13-18H2,1H3/q+1/b24-19+. The van der Waals surface area contributed by atoms with Crippen LogP contribution >= 0.6 is 0 Å². The van der Waals surface area contributed by atoms with Crippen molar-refractivity contribution in [3.8, 4) is 0 Å². The molecule has 29 heavy (non-hydrogen) atoms. The maximum absolute atomic E-state index is 5.57. The Hall–Kier alpha value is -2.68. The summed E-state index contributed by atoms with van der Waals surface area (Å²) in [5.41, 5.74) is 6.85. The number of morpholine rings is 1. The first kappa shape index (κ1) is 18.4. The third-order valence-electron chi connectivity index (χ3n) is 6.52. The number of hydrogen-bond donors (Lipinski definition) is 0. The van der Waals surface area contributed by atoms with Crippen LogP contribution in [0.3, 0.4) is 0 Å². The zero-order chi connectivity index (χ0) is 19.7. The summed E-state index contributed by atoms with van der Waals surface area (Å²) in [6.45, 7) is 5.18. The second-order valence-corrected chi connectivity index (χ2v) is 8.54. The van der Waals surface area contributed by atoms with E-state index in [0.29, 0.717) is 0 Å². The average molecular weight is 383 g/mol. The van der Waals surface area contributed by atoms with Crippen LogP contribution in [0, 0.1) is 0 Å². The summed E-state index contributed by atoms with van der Waals surface area (Å²) in [6, 6.07) is 24.1. The molecule has 146 valence electrons. The van der Waals surface area contributed by atoms with Gasteiger partial charge in [0.05, 0.1) is 26.8 Å². The summed E-state index contributed by atoms with van der Waals surface area (Å²) >= 11 is 0. The molecule has 0 aromatic heterocycles. The zero-order valence-electron chi connectivity index (χ0n) is 17.1. The lowest BCUT2D eigenvalue weighted by molar-refractivity contribution is -0.916. The molecule has 1 aliphatic heterocycles. The van der Waals surface area contributed by atoms with Crippen LogP contribution in [0.25, 0.3) is 28.0 Å². The van der Waals surface area contributed by atoms with Crippen LogP contribution in [0.15, 0.2) is 72.8 Å². The van der Waals surface area contributed by atoms with Gasteiger partial charge in [0.15, 0.2) is 0 Å². The van der Waals surface area contributed by atoms with E-state index in [1.807, 2.05) is 0 Å². The van der Waals surface area contributed by atoms with Crippen LogP contribution in [-0.2, 0) is 4.74 Å². The Morgan fingerprint density at radius 1 is 0.862 bits per heavy atom. The highest BCUT2D eigenvalue weighted by Gasteiger charge is 2.27. The number of allylic oxidation sites excluding steroid dienone is 2. The predicted octanol–water partition coefficient (Wildman–Crippen LogP) is 5.64. The van der Waals surface area contributed by atoms with Crippen LogP contribution in [0.2, 0.25) is 0 Å². The Bertz CT molecular complexity index is 1100. The highest BCUT2D eigenvalue weighted by Crippen LogP contribution is 2.39. The van der Waals surface area contributed by atoms with Gasteiger partial charge in [0.2, 0.25) is 0 Å². The van der Waals surface area contributed by atoms with Gasteiger partial charge in [-0.1, -0.05) is 72.8 Å². The number of hydrogen-bond acceptors (Lipinski definition) is 1. The Labute approximate surface area is 173 Å². The minimum atomic E-state index is 0.887. The number of nitrogens with zero attached hydrogens (tertiary/aromatic N) is 1. The molecular formula is C27H28NO+. The highest BCUT2D eigenvalue weighted by atomic mass is 16.5. The molecule has 0 atom stereocenters. The molecule has 1 aliphatic carbocycles. The van der Waals surface area contributed by atoms with E-state index in [0.717, 1.165) is 37.2 Å². The monoisotopic (exact) mass is 382 g/mol. The van der Waals surface area contributed by atoms with E-state index in [9.17, 15) is 0 Å². The maximum Gasteiger partial charge on any atom is 0.102 e. The Morgan fingerprint density at radius 2 is 1.59 bits per heavy atom. The largest absolute Gasteiger partial charge is 0.370 e. The average Bonchev–Trinajstić information content (AvgIpc) is 3.11. The van der Waals surface area contributed by atoms with Crippen molar-refractivity contribution in [2.45, 2.75) is 6.42 Å². The molecule has 0 radical (unpaired) electrons. The van der Waals surface area contributed by atoms with Gasteiger partial charge >= 0.3 is 0 Å². The zero-order valence-corrected chi connectivity index (χ0v) is 17.1. The molecule has 0 bridgehead atoms. The lowest BCUT2D eigenvalue weighted by Gasteiger charge is -2.37. The molecule has 3 aromatic rings. The molecule has 1 saturated heterocycles. The number of likely N-dealkylation sites (N-methyl/N-ethyl adjacent to an activating group) is 1. The molecule has 2 aliphatic rings. The van der Waals surface area contributed by atoms with E-state index in [-0.39, 0.29) is 0 Å². The first-order chi connectivity index (χ1) is 14.2. The Morgan fingerprint density at radius 3 is 2.45 bits per heavy atom. The first-order valence-corrected chi connectivity index (χ1v) is 10.6. The van der Waals surface area contributed by atoms with Gasteiger partial charge in [0.1, 0.15) is 13.1 Å². The number of rotatable bonds is 4. The van der Waals surface area contributed by atoms with Gasteiger partial charge in [-0.25, -0.2) is 0 Å². The van der Waals surface area contributed by atoms with Crippen molar-refractivity contribution < 1.29 is 9.22 Å². The Balaban J connectivity index is 1.49. The summed E-state index contributed by atoms with van der Waals surface area (Å²) in [5.74, 6) is 0. The molecular weight excluding hydrogens is 354 g/mol. The van der Waals surface area contributed by atoms with Crippen LogP contribution in [0.1, 0.15) is 23.1 Å². The molecule has 2 nitrogen and oxygen atoms in total. The number of benzene rings is 3. The molecule has 2 heteroatoms. The van der Waals surface area contributed by atoms with E-state index in [4.69, 9.17) is 4.74 Å². The van der Waals surface area contributed by atoms with Crippen molar-refractivity contribution in [2.75, 3.05) is 39.9 Å². The maximum atomic E-state index is 5.57. The van der Waals surface area contributed by atoms with Crippen LogP contribution in [-0.4, -0.2) is 44.4 Å². The van der Waals surface area contributed by atoms with Crippen LogP contribution < -0.4 is 0 Å². The lowest BCUT2D eigenvalue weighted by atomic mass is 9.99. The third-order valence-corrected chi connectivity index (χ3v) is 6.52. The highest BCUT2D eigenvalue weighted by molar-refractivity contribution is 6.04. The van der Waals surface area contributed by atoms with Crippen LogP contribution in [0.4, 0.5) is 0 Å². The summed E-state index contributed by atoms with van der Waals surface area (Å²) < 4.78 is 6.69. The molecule has 0 saturated carbocycles. The fourth-order valence-electron chi connectivity index (χ4n) is 4.63. The van der Waals surface area contributed by atoms with Crippen LogP contribution in [0.5, 0.6) is 0 Å². The van der Waals surface area contributed by atoms with E-state index < -0.39 is 0 Å². The van der Waals surface area contributed by atoms with E-state index >= 15 is 0 Å². The summed E-state index contributed by atoms with van der Waals surface area (Å²) in [6.07, 6.45) is 5.89. The van der Waals surface area contributed by atoms with Gasteiger partial charge < -0.3 is 9.22 Å². The summed E-state index contributed by atoms with van der Waals surface area (Å²) in [5, 5.41) is 2.61. The normalized spacial score (nSPS) is 19.3. The van der Waals surface area contributed by atoms with E-state index in [1.165, 1.54) is 45.2 Å². The molecule has 1 fully saturated rings. The molecule has 3 aromatic carbocycles. The minimum Gasteiger partial charge on any atom is -0.370 e. The SMILES string of the molecule is C[N+]1(CCC2=C/C(=C\c3cccc4ccccc34)c3ccccc32)CCOCC1. The second-order valence-electron chi connectivity index (χ2n) is 8.54. The van der Waals surface area contributed by atoms with Crippen molar-refractivity contribution in [3.63, 3.8) is 0 Å². The van der Waals surface area contributed by atoms with Crippen molar-refractivity contribution in [2.24, 2.45) is 0 Å². The topological polar surface area (TPSA) is 9.23 Å². The smallest absolute Gasteiger partial charge is 0.102 e. The lowest BCUT2D eigenvalue weighted by Crippen LogP contribution is -2.52. The summed E-state index contributed by atoms with van der Waals surface area (Å²) in [4.78, 5) is 0. The molecule has 0 N–H and O–H groups in total. The quantitative estimate of drug-likeness (QED) is 0.530.